The van der Waals surface area contributed by atoms with E-state index in [0.29, 0.717) is 0 Å². The lowest BCUT2D eigenvalue weighted by Crippen LogP contribution is -2.60. The van der Waals surface area contributed by atoms with Gasteiger partial charge in [-0.3, -0.25) is 10.2 Å². The van der Waals surface area contributed by atoms with E-state index in [0.717, 1.165) is 0 Å². The molecule has 2 heterocycles. The predicted octanol–water partition coefficient (Wildman–Crippen LogP) is 4.55. The molecule has 0 saturated carbocycles. The van der Waals surface area contributed by atoms with Crippen LogP contribution in [0.1, 0.15) is 41.5 Å². The van der Waals surface area contributed by atoms with E-state index in [1.165, 1.54) is 6.92 Å². The minimum absolute atomic E-state index is 0.0127. The number of hydrogen-bond donors (Lipinski definition) is 1. The van der Waals surface area contributed by atoms with Crippen LogP contribution in [0.15, 0.2) is 0 Å². The van der Waals surface area contributed by atoms with Crippen LogP contribution in [0.2, 0.25) is 18.1 Å². The van der Waals surface area contributed by atoms with Gasteiger partial charge in [-0.15, -0.1) is 0 Å². The van der Waals surface area contributed by atoms with Gasteiger partial charge in [0.1, 0.15) is 18.3 Å². The molecule has 0 radical (unpaired) electrons. The smallest absolute Gasteiger partial charge is 0.303 e. The normalized spacial score (nSPS) is 31.1. The Balaban J connectivity index is 2.32. The fourth-order valence-corrected chi connectivity index (χ4v) is 4.22. The van der Waals surface area contributed by atoms with Gasteiger partial charge >= 0.3 is 5.97 Å². The van der Waals surface area contributed by atoms with E-state index in [-0.39, 0.29) is 11.6 Å². The summed E-state index contributed by atoms with van der Waals surface area (Å²) in [5.74, 6) is -2.20. The lowest BCUT2D eigenvalue weighted by molar-refractivity contribution is -0.264. The fourth-order valence-electron chi connectivity index (χ4n) is 3.07. The van der Waals surface area contributed by atoms with Gasteiger partial charge in [-0.1, -0.05) is 55.6 Å². The highest BCUT2D eigenvalue weighted by Gasteiger charge is 2.58. The topological polar surface area (TPSA) is 96.3 Å². The van der Waals surface area contributed by atoms with E-state index in [4.69, 9.17) is 68.3 Å². The molecule has 180 valence electrons. The molecule has 0 aromatic rings. The van der Waals surface area contributed by atoms with Crippen molar-refractivity contribution in [3.63, 3.8) is 0 Å². The van der Waals surface area contributed by atoms with Gasteiger partial charge in [0.05, 0.1) is 6.61 Å². The van der Waals surface area contributed by atoms with Crippen LogP contribution in [0.3, 0.4) is 0 Å². The quantitative estimate of drug-likeness (QED) is 0.187. The summed E-state index contributed by atoms with van der Waals surface area (Å²) in [6, 6.07) is 0. The van der Waals surface area contributed by atoms with Crippen LogP contribution in [0, 0.1) is 5.41 Å². The molecule has 31 heavy (non-hydrogen) atoms. The number of carbonyl (C=O) groups excluding carboxylic acids is 1. The van der Waals surface area contributed by atoms with Gasteiger partial charge in [0.2, 0.25) is 12.2 Å². The van der Waals surface area contributed by atoms with Crippen molar-refractivity contribution in [3.05, 3.63) is 0 Å². The highest BCUT2D eigenvalue weighted by Crippen LogP contribution is 2.42. The molecule has 0 aromatic heterocycles. The van der Waals surface area contributed by atoms with Crippen LogP contribution in [0.25, 0.3) is 0 Å². The van der Waals surface area contributed by atoms with Crippen molar-refractivity contribution in [3.8, 4) is 0 Å². The Morgan fingerprint density at radius 2 is 1.65 bits per heavy atom. The minimum Gasteiger partial charge on any atom is -0.453 e. The van der Waals surface area contributed by atoms with Gasteiger partial charge in [-0.2, -0.15) is 0 Å². The van der Waals surface area contributed by atoms with Gasteiger partial charge in [0.15, 0.2) is 20.2 Å². The van der Waals surface area contributed by atoms with Crippen LogP contribution in [0.4, 0.5) is 0 Å². The molecular weight excluding hydrogens is 489 g/mol. The molecule has 0 aromatic carbocycles. The van der Waals surface area contributed by atoms with Crippen molar-refractivity contribution in [1.29, 1.82) is 5.41 Å². The average Bonchev–Trinajstić information content (AvgIpc) is 2.88. The third-order valence-electron chi connectivity index (χ3n) is 5.64. The number of alkyl halides is 3. The molecule has 2 saturated heterocycles. The average molecular weight is 521 g/mol. The zero-order chi connectivity index (χ0) is 24.0. The van der Waals surface area contributed by atoms with Crippen LogP contribution in [0.5, 0.6) is 0 Å². The molecule has 0 spiro atoms. The Labute approximate surface area is 199 Å². The Bertz CT molecular complexity index is 693. The van der Waals surface area contributed by atoms with Gasteiger partial charge in [0.25, 0.3) is 3.79 Å². The molecule has 0 amide bonds. The maximum absolute atomic E-state index is 11.8. The summed E-state index contributed by atoms with van der Waals surface area (Å²) in [7, 11) is -2.10. The molecule has 1 N–H and O–H groups in total. The lowest BCUT2D eigenvalue weighted by atomic mass is 9.99. The zero-order valence-corrected chi connectivity index (χ0v) is 22.4. The number of fused-ring (bicyclic) bond motifs is 1. The first-order chi connectivity index (χ1) is 13.8. The molecule has 0 aliphatic carbocycles. The Morgan fingerprint density at radius 3 is 2.13 bits per heavy atom. The number of nitrogens with one attached hydrogen (secondary N) is 1. The SMILES string of the molecule is CC(=O)O[C@H]1C(OC(=N)C(Cl)(Cl)Cl)O[C@H](CO[Si](C)(C)C(C)(C)C)[C@@H]2OC(C)(C)O[C@@H]21. The molecule has 2 rings (SSSR count). The summed E-state index contributed by atoms with van der Waals surface area (Å²) >= 11 is 17.3. The van der Waals surface area contributed by atoms with E-state index in [1.807, 2.05) is 0 Å². The summed E-state index contributed by atoms with van der Waals surface area (Å²) < 4.78 is 33.3. The monoisotopic (exact) mass is 519 g/mol. The van der Waals surface area contributed by atoms with E-state index in [9.17, 15) is 4.79 Å². The van der Waals surface area contributed by atoms with Crippen molar-refractivity contribution in [2.75, 3.05) is 6.61 Å². The standard InChI is InChI=1S/C19H32Cl3NO7Si/c1-10(24)26-14-13-12(29-18(5,6)30-13)11(9-25-31(7,8)17(2,3)4)27-15(14)28-16(23)19(20,21)22/h11-15,23H,9H2,1-8H3/t11-,12+,13+,14-,15?/m1/s1. The maximum Gasteiger partial charge on any atom is 0.303 e. The number of rotatable bonds is 5. The highest BCUT2D eigenvalue weighted by atomic mass is 35.6. The summed E-state index contributed by atoms with van der Waals surface area (Å²) in [6.45, 7) is 15.6. The van der Waals surface area contributed by atoms with Crippen molar-refractivity contribution in [1.82, 2.24) is 0 Å². The lowest BCUT2D eigenvalue weighted by Gasteiger charge is -2.43. The van der Waals surface area contributed by atoms with Crippen LogP contribution < -0.4 is 0 Å². The summed E-state index contributed by atoms with van der Waals surface area (Å²) in [5, 5.41) is 7.92. The zero-order valence-electron chi connectivity index (χ0n) is 19.1. The van der Waals surface area contributed by atoms with Gasteiger partial charge in [-0.25, -0.2) is 0 Å². The second-order valence-electron chi connectivity index (χ2n) is 9.70. The van der Waals surface area contributed by atoms with Crippen molar-refractivity contribution >= 4 is 55.0 Å². The van der Waals surface area contributed by atoms with Crippen LogP contribution >= 0.6 is 34.8 Å². The Hall–Kier alpha value is -0.133. The third-order valence-corrected chi connectivity index (χ3v) is 10.7. The van der Waals surface area contributed by atoms with Crippen LogP contribution in [-0.2, 0) is 32.9 Å². The third kappa shape index (κ3) is 6.69. The van der Waals surface area contributed by atoms with E-state index >= 15 is 0 Å². The number of hydrogen-bond acceptors (Lipinski definition) is 8. The first-order valence-electron chi connectivity index (χ1n) is 9.99. The highest BCUT2D eigenvalue weighted by molar-refractivity contribution is 6.76. The number of esters is 1. The summed E-state index contributed by atoms with van der Waals surface area (Å²) in [6.07, 6.45) is -4.24. The maximum atomic E-state index is 11.8. The Morgan fingerprint density at radius 1 is 1.10 bits per heavy atom. The van der Waals surface area contributed by atoms with E-state index in [2.05, 4.69) is 33.9 Å². The second kappa shape index (κ2) is 9.25. The minimum atomic E-state index is -2.11. The summed E-state index contributed by atoms with van der Waals surface area (Å²) in [5.41, 5.74) is 0. The van der Waals surface area contributed by atoms with E-state index < -0.39 is 60.5 Å². The molecular formula is C19H32Cl3NO7Si. The number of halogens is 3. The van der Waals surface area contributed by atoms with Gasteiger partial charge in [0, 0.05) is 6.92 Å². The molecule has 8 nitrogen and oxygen atoms in total. The molecule has 2 aliphatic heterocycles. The predicted molar refractivity (Wildman–Crippen MR) is 120 cm³/mol. The molecule has 2 fully saturated rings. The van der Waals surface area contributed by atoms with Gasteiger partial charge in [-0.05, 0) is 32.0 Å². The molecule has 2 aliphatic rings. The largest absolute Gasteiger partial charge is 0.453 e. The first-order valence-corrected chi connectivity index (χ1v) is 14.0. The van der Waals surface area contributed by atoms with E-state index in [1.54, 1.807) is 13.8 Å². The number of carbonyl (C=O) groups is 1. The molecule has 5 atom stereocenters. The molecule has 0 bridgehead atoms. The Kier molecular flexibility index (Phi) is 8.09. The number of ether oxygens (including phenoxy) is 5. The molecule has 1 unspecified atom stereocenters. The first kappa shape index (κ1) is 27.1. The molecule has 12 heteroatoms. The van der Waals surface area contributed by atoms with Crippen molar-refractivity contribution in [2.24, 2.45) is 0 Å². The van der Waals surface area contributed by atoms with Crippen molar-refractivity contribution in [2.45, 2.75) is 100.0 Å². The summed E-state index contributed by atoms with van der Waals surface area (Å²) in [4.78, 5) is 11.8. The fraction of sp³-hybridized carbons (Fsp3) is 0.895. The van der Waals surface area contributed by atoms with Crippen molar-refractivity contribution < 1.29 is 32.9 Å². The second-order valence-corrected chi connectivity index (χ2v) is 16.8. The van der Waals surface area contributed by atoms with Crippen LogP contribution in [-0.4, -0.2) is 67.1 Å². The van der Waals surface area contributed by atoms with Gasteiger partial charge < -0.3 is 28.1 Å².